The smallest absolute Gasteiger partial charge is 0.150 e. The van der Waals surface area contributed by atoms with Gasteiger partial charge in [0.25, 0.3) is 0 Å². The number of hydrogen-bond donors (Lipinski definition) is 2. The Bertz CT molecular complexity index is 402. The lowest BCUT2D eigenvalue weighted by Gasteiger charge is -2.33. The van der Waals surface area contributed by atoms with E-state index in [4.69, 9.17) is 11.0 Å². The molecular weight excluding hydrogens is 188 g/mol. The number of rotatable bonds is 2. The minimum atomic E-state index is 0.458. The zero-order chi connectivity index (χ0) is 10.8. The highest BCUT2D eigenvalue weighted by atomic mass is 15.0. The zero-order valence-electron chi connectivity index (χ0n) is 8.70. The fourth-order valence-electron chi connectivity index (χ4n) is 1.90. The van der Waals surface area contributed by atoms with Crippen molar-refractivity contribution in [3.8, 4) is 6.07 Å². The second-order valence-electron chi connectivity index (χ2n) is 4.15. The third-order valence-corrected chi connectivity index (χ3v) is 2.83. The van der Waals surface area contributed by atoms with Gasteiger partial charge in [-0.2, -0.15) is 5.26 Å². The fraction of sp³-hybridized carbons (Fsp3) is 0.455. The second-order valence-corrected chi connectivity index (χ2v) is 4.15. The largest absolute Gasteiger partial charge is 0.395 e. The molecule has 4 heteroatoms. The minimum absolute atomic E-state index is 0.458. The number of hydrogen-bond acceptors (Lipinski definition) is 4. The molecule has 1 aliphatic rings. The van der Waals surface area contributed by atoms with Crippen LogP contribution in [0.1, 0.15) is 25.3 Å². The maximum absolute atomic E-state index is 8.80. The fourth-order valence-corrected chi connectivity index (χ4v) is 1.90. The van der Waals surface area contributed by atoms with Gasteiger partial charge in [-0.05, 0) is 24.8 Å². The Morgan fingerprint density at radius 2 is 2.33 bits per heavy atom. The van der Waals surface area contributed by atoms with Crippen LogP contribution in [0.25, 0.3) is 0 Å². The third kappa shape index (κ3) is 1.86. The Labute approximate surface area is 89.1 Å². The number of anilines is 2. The van der Waals surface area contributed by atoms with Gasteiger partial charge in [-0.3, -0.25) is 0 Å². The van der Waals surface area contributed by atoms with Gasteiger partial charge >= 0.3 is 0 Å². The van der Waals surface area contributed by atoms with E-state index < -0.39 is 0 Å². The summed E-state index contributed by atoms with van der Waals surface area (Å²) in [6.07, 6.45) is 3.91. The third-order valence-electron chi connectivity index (χ3n) is 2.83. The van der Waals surface area contributed by atoms with Crippen molar-refractivity contribution in [2.24, 2.45) is 5.92 Å². The van der Waals surface area contributed by atoms with E-state index >= 15 is 0 Å². The van der Waals surface area contributed by atoms with Crippen LogP contribution in [0.4, 0.5) is 11.5 Å². The Morgan fingerprint density at radius 1 is 1.60 bits per heavy atom. The molecule has 0 unspecified atom stereocenters. The van der Waals surface area contributed by atoms with Crippen LogP contribution in [0.15, 0.2) is 12.3 Å². The van der Waals surface area contributed by atoms with E-state index in [9.17, 15) is 0 Å². The molecule has 0 radical (unpaired) electrons. The van der Waals surface area contributed by atoms with Gasteiger partial charge in [-0.25, -0.2) is 4.98 Å². The van der Waals surface area contributed by atoms with Crippen LogP contribution in [0.3, 0.4) is 0 Å². The van der Waals surface area contributed by atoms with Crippen LogP contribution in [-0.2, 0) is 0 Å². The number of pyridine rings is 1. The molecule has 1 heterocycles. The summed E-state index contributed by atoms with van der Waals surface area (Å²) in [4.78, 5) is 4.15. The second kappa shape index (κ2) is 3.77. The molecule has 78 valence electrons. The van der Waals surface area contributed by atoms with Crippen LogP contribution in [0, 0.1) is 17.2 Å². The Balaban J connectivity index is 2.12. The average Bonchev–Trinajstić information content (AvgIpc) is 2.18. The van der Waals surface area contributed by atoms with Crippen molar-refractivity contribution < 1.29 is 0 Å². The van der Waals surface area contributed by atoms with Crippen LogP contribution in [0.2, 0.25) is 0 Å². The molecule has 1 aromatic rings. The molecular formula is C11H14N4. The molecule has 3 N–H and O–H groups in total. The molecule has 0 atom stereocenters. The lowest BCUT2D eigenvalue weighted by Crippen LogP contribution is -2.34. The average molecular weight is 202 g/mol. The summed E-state index contributed by atoms with van der Waals surface area (Å²) in [6.45, 7) is 2.22. The van der Waals surface area contributed by atoms with E-state index in [-0.39, 0.29) is 0 Å². The highest BCUT2D eigenvalue weighted by Gasteiger charge is 2.25. The zero-order valence-corrected chi connectivity index (χ0v) is 8.70. The summed E-state index contributed by atoms with van der Waals surface area (Å²) < 4.78 is 0. The number of nitrogens with zero attached hydrogens (tertiary/aromatic N) is 2. The number of aromatic nitrogens is 1. The number of nitrogen functional groups attached to an aromatic ring is 1. The Morgan fingerprint density at radius 3 is 2.93 bits per heavy atom. The monoisotopic (exact) mass is 202 g/mol. The van der Waals surface area contributed by atoms with E-state index in [1.54, 1.807) is 12.3 Å². The summed E-state index contributed by atoms with van der Waals surface area (Å²) in [5, 5.41) is 12.1. The van der Waals surface area contributed by atoms with Crippen LogP contribution in [0.5, 0.6) is 0 Å². The topological polar surface area (TPSA) is 74.7 Å². The first-order valence-corrected chi connectivity index (χ1v) is 5.12. The van der Waals surface area contributed by atoms with Crippen molar-refractivity contribution in [1.29, 1.82) is 5.26 Å². The van der Waals surface area contributed by atoms with Crippen LogP contribution in [-0.4, -0.2) is 11.0 Å². The van der Waals surface area contributed by atoms with Gasteiger partial charge in [0.1, 0.15) is 6.07 Å². The SMILES string of the molecule is CC1CC(Nc2nccc(C#N)c2N)C1. The molecule has 0 amide bonds. The van der Waals surface area contributed by atoms with Gasteiger partial charge in [0.05, 0.1) is 11.3 Å². The van der Waals surface area contributed by atoms with E-state index in [0.29, 0.717) is 23.1 Å². The van der Waals surface area contributed by atoms with E-state index in [2.05, 4.69) is 17.2 Å². The highest BCUT2D eigenvalue weighted by Crippen LogP contribution is 2.30. The van der Waals surface area contributed by atoms with Crippen molar-refractivity contribution in [1.82, 2.24) is 4.98 Å². The quantitative estimate of drug-likeness (QED) is 0.766. The van der Waals surface area contributed by atoms with Gasteiger partial charge < -0.3 is 11.1 Å². The van der Waals surface area contributed by atoms with Gasteiger partial charge in [0.2, 0.25) is 0 Å². The first kappa shape index (κ1) is 9.78. The molecule has 4 nitrogen and oxygen atoms in total. The first-order chi connectivity index (χ1) is 7.20. The maximum Gasteiger partial charge on any atom is 0.150 e. The predicted molar refractivity (Wildman–Crippen MR) is 59.2 cm³/mol. The Hall–Kier alpha value is -1.76. The van der Waals surface area contributed by atoms with Crippen LogP contribution < -0.4 is 11.1 Å². The minimum Gasteiger partial charge on any atom is -0.395 e. The molecule has 1 aliphatic carbocycles. The summed E-state index contributed by atoms with van der Waals surface area (Å²) in [6, 6.07) is 4.14. The molecule has 1 fully saturated rings. The number of nitrogens with two attached hydrogens (primary N) is 1. The van der Waals surface area contributed by atoms with Crippen LogP contribution >= 0.6 is 0 Å². The molecule has 0 bridgehead atoms. The number of nitrogens with one attached hydrogen (secondary N) is 1. The molecule has 1 saturated carbocycles. The summed E-state index contributed by atoms with van der Waals surface area (Å²) in [5.41, 5.74) is 6.75. The maximum atomic E-state index is 8.80. The summed E-state index contributed by atoms with van der Waals surface area (Å²) >= 11 is 0. The van der Waals surface area contributed by atoms with E-state index in [1.165, 1.54) is 0 Å². The summed E-state index contributed by atoms with van der Waals surface area (Å²) in [7, 11) is 0. The van der Waals surface area contributed by atoms with E-state index in [1.807, 2.05) is 6.07 Å². The molecule has 0 aromatic carbocycles. The lowest BCUT2D eigenvalue weighted by molar-refractivity contribution is 0.308. The normalized spacial score (nSPS) is 24.0. The number of nitriles is 1. The lowest BCUT2D eigenvalue weighted by atomic mass is 9.82. The molecule has 0 saturated heterocycles. The van der Waals surface area contributed by atoms with Gasteiger partial charge in [-0.15, -0.1) is 0 Å². The highest BCUT2D eigenvalue weighted by molar-refractivity contribution is 5.69. The predicted octanol–water partition coefficient (Wildman–Crippen LogP) is 1.75. The van der Waals surface area contributed by atoms with Crippen molar-refractivity contribution in [3.63, 3.8) is 0 Å². The molecule has 0 aliphatic heterocycles. The molecule has 0 spiro atoms. The summed E-state index contributed by atoms with van der Waals surface area (Å²) in [5.74, 6) is 1.42. The molecule has 2 rings (SSSR count). The van der Waals surface area contributed by atoms with Crippen molar-refractivity contribution in [3.05, 3.63) is 17.8 Å². The van der Waals surface area contributed by atoms with Crippen molar-refractivity contribution in [2.45, 2.75) is 25.8 Å². The van der Waals surface area contributed by atoms with Gasteiger partial charge in [0, 0.05) is 12.2 Å². The van der Waals surface area contributed by atoms with Gasteiger partial charge in [0.15, 0.2) is 5.82 Å². The Kier molecular flexibility index (Phi) is 2.46. The standard InChI is InChI=1S/C11H14N4/c1-7-4-9(5-7)15-11-10(13)8(6-12)2-3-14-11/h2-3,7,9H,4-5,13H2,1H3,(H,14,15). The van der Waals surface area contributed by atoms with Crippen molar-refractivity contribution >= 4 is 11.5 Å². The van der Waals surface area contributed by atoms with E-state index in [0.717, 1.165) is 18.8 Å². The molecule has 1 aromatic heterocycles. The van der Waals surface area contributed by atoms with Crippen molar-refractivity contribution in [2.75, 3.05) is 11.1 Å². The molecule has 15 heavy (non-hydrogen) atoms. The first-order valence-electron chi connectivity index (χ1n) is 5.12. The van der Waals surface area contributed by atoms with Gasteiger partial charge in [-0.1, -0.05) is 6.92 Å².